The average molecular weight is 752 g/mol. The Balaban J connectivity index is 0.00000101. The van der Waals surface area contributed by atoms with Gasteiger partial charge >= 0.3 is 150 Å². The van der Waals surface area contributed by atoms with Gasteiger partial charge in [0.15, 0.2) is 0 Å². The van der Waals surface area contributed by atoms with Gasteiger partial charge in [-0.25, -0.2) is 0 Å². The maximum absolute atomic E-state index is 12.7. The van der Waals surface area contributed by atoms with E-state index in [0.29, 0.717) is 30.9 Å². The van der Waals surface area contributed by atoms with Crippen molar-refractivity contribution in [2.24, 2.45) is 5.92 Å². The van der Waals surface area contributed by atoms with Crippen LogP contribution < -0.4 is 148 Å². The summed E-state index contributed by atoms with van der Waals surface area (Å²) >= 11 is 6.49. The second-order valence-corrected chi connectivity index (χ2v) is 8.14. The number of carboxylic acid groups (broad SMARTS) is 2. The van der Waals surface area contributed by atoms with Crippen molar-refractivity contribution >= 4 is 40.6 Å². The van der Waals surface area contributed by atoms with E-state index in [1.807, 2.05) is 53.1 Å². The van der Waals surface area contributed by atoms with Crippen molar-refractivity contribution in [3.63, 3.8) is 0 Å². The molecule has 3 aromatic rings. The number of aromatic nitrogens is 1. The monoisotopic (exact) mass is 751 g/mol. The molecule has 1 aliphatic rings. The first-order valence-corrected chi connectivity index (χ1v) is 11.2. The number of nitrogens with zero attached hydrogens (tertiary/aromatic N) is 1. The van der Waals surface area contributed by atoms with Crippen molar-refractivity contribution in [1.82, 2.24) is 4.57 Å². The van der Waals surface area contributed by atoms with Crippen LogP contribution in [0.15, 0.2) is 48.5 Å². The molecule has 0 saturated carbocycles. The fourth-order valence-corrected chi connectivity index (χ4v) is 4.49. The summed E-state index contributed by atoms with van der Waals surface area (Å²) in [4.78, 5) is 33.2. The van der Waals surface area contributed by atoms with E-state index in [1.54, 1.807) is 6.92 Å². The molecule has 0 bridgehead atoms. The van der Waals surface area contributed by atoms with Gasteiger partial charge in [-0.05, 0) is 49.5 Å². The van der Waals surface area contributed by atoms with Crippen molar-refractivity contribution in [3.8, 4) is 0 Å². The molecule has 0 amide bonds. The van der Waals surface area contributed by atoms with Crippen LogP contribution in [-0.2, 0) is 45.1 Å². The third kappa shape index (κ3) is 9.65. The van der Waals surface area contributed by atoms with Crippen LogP contribution in [0.25, 0.3) is 10.9 Å². The smallest absolute Gasteiger partial charge is 0.652 e. The van der Waals surface area contributed by atoms with Crippen LogP contribution in [0.2, 0.25) is 5.02 Å². The fraction of sp³-hybridized carbons (Fsp3) is 0.320. The topological polar surface area (TPSA) is 121 Å². The molecule has 1 unspecified atom stereocenters. The molecule has 0 spiro atoms. The first kappa shape index (κ1) is 34.6. The van der Waals surface area contributed by atoms with E-state index in [9.17, 15) is 9.59 Å². The molecule has 2 aromatic carbocycles. The Labute approximate surface area is 332 Å². The summed E-state index contributed by atoms with van der Waals surface area (Å²) in [6, 6.07) is 15.4. The van der Waals surface area contributed by atoms with E-state index < -0.39 is 6.16 Å². The fourth-order valence-electron chi connectivity index (χ4n) is 4.22. The minimum absolute atomic E-state index is 0. The van der Waals surface area contributed by atoms with Crippen molar-refractivity contribution in [1.29, 1.82) is 0 Å². The van der Waals surface area contributed by atoms with Gasteiger partial charge in [-0.3, -0.25) is 9.59 Å². The zero-order chi connectivity index (χ0) is 24.7. The van der Waals surface area contributed by atoms with Crippen LogP contribution in [0, 0.1) is 5.92 Å². The predicted molar refractivity (Wildman–Crippen MR) is 121 cm³/mol. The Morgan fingerprint density at radius 1 is 1.03 bits per heavy atom. The third-order valence-corrected chi connectivity index (χ3v) is 5.89. The minimum atomic E-state index is -2.33. The maximum Gasteiger partial charge on any atom is 1.00 e. The van der Waals surface area contributed by atoms with Crippen molar-refractivity contribution in [2.45, 2.75) is 39.3 Å². The second kappa shape index (κ2) is 17.3. The number of para-hydroxylation sites is 1. The molecule has 0 N–H and O–H groups in total. The summed E-state index contributed by atoms with van der Waals surface area (Å²) in [6.45, 7) is 2.52. The van der Waals surface area contributed by atoms with Gasteiger partial charge < -0.3 is 29.0 Å². The maximum atomic E-state index is 12.7. The van der Waals surface area contributed by atoms with Gasteiger partial charge in [-0.1, -0.05) is 54.1 Å². The molecular weight excluding hydrogens is 728 g/mol. The van der Waals surface area contributed by atoms with Crippen LogP contribution in [0.3, 0.4) is 0 Å². The standard InChI is InChI=1S/C24H24ClNO4.CH2O3.2Cs/c1-2-29-22(27)14-26-21-12-11-17(24(28)30-15-16-7-4-3-5-8-16)13-19(21)18-9-6-10-20(25)23(18)26;2-1(3)4;;/h3-10,17H,2,11-15H2,1H3;(H2,2,3,4);;/q;;2*+1/p-2. The van der Waals surface area contributed by atoms with Gasteiger partial charge in [-0.2, -0.15) is 0 Å². The first-order valence-electron chi connectivity index (χ1n) is 10.8. The van der Waals surface area contributed by atoms with Crippen molar-refractivity contribution in [3.05, 3.63) is 70.4 Å². The van der Waals surface area contributed by atoms with Crippen LogP contribution in [-0.4, -0.2) is 29.3 Å². The van der Waals surface area contributed by atoms with Gasteiger partial charge in [0.2, 0.25) is 0 Å². The Morgan fingerprint density at radius 3 is 2.33 bits per heavy atom. The van der Waals surface area contributed by atoms with E-state index in [2.05, 4.69) is 0 Å². The van der Waals surface area contributed by atoms with Gasteiger partial charge in [0, 0.05) is 11.1 Å². The summed E-state index contributed by atoms with van der Waals surface area (Å²) < 4.78 is 12.7. The van der Waals surface area contributed by atoms with Crippen LogP contribution >= 0.6 is 11.6 Å². The molecule has 0 saturated heterocycles. The summed E-state index contributed by atoms with van der Waals surface area (Å²) in [5.41, 5.74) is 3.93. The van der Waals surface area contributed by atoms with Gasteiger partial charge in [-0.15, -0.1) is 0 Å². The molecule has 36 heavy (non-hydrogen) atoms. The van der Waals surface area contributed by atoms with Crippen LogP contribution in [0.4, 0.5) is 4.79 Å². The van der Waals surface area contributed by atoms with Crippen LogP contribution in [0.1, 0.15) is 30.2 Å². The van der Waals surface area contributed by atoms with Crippen molar-refractivity contribution in [2.75, 3.05) is 6.61 Å². The molecule has 1 heterocycles. The molecule has 0 fully saturated rings. The molecule has 1 aliphatic carbocycles. The zero-order valence-corrected chi connectivity index (χ0v) is 33.9. The Bertz CT molecular complexity index is 1180. The minimum Gasteiger partial charge on any atom is -0.652 e. The summed E-state index contributed by atoms with van der Waals surface area (Å²) in [5.74, 6) is -0.679. The van der Waals surface area contributed by atoms with Gasteiger partial charge in [0.05, 0.1) is 23.1 Å². The number of fused-ring (bicyclic) bond motifs is 3. The van der Waals surface area contributed by atoms with Crippen LogP contribution in [0.5, 0.6) is 0 Å². The third-order valence-electron chi connectivity index (χ3n) is 5.59. The number of ether oxygens (including phenoxy) is 2. The SMILES string of the molecule is CCOC(=O)Cn1c2c(c3cccc(Cl)c31)CC(C(=O)OCc1ccccc1)CC2.O=C([O-])[O-].[Cs+].[Cs+]. The number of benzene rings is 2. The summed E-state index contributed by atoms with van der Waals surface area (Å²) in [5, 5.41) is 18.2. The van der Waals surface area contributed by atoms with E-state index in [1.165, 1.54) is 0 Å². The first-order chi connectivity index (χ1) is 16.3. The summed E-state index contributed by atoms with van der Waals surface area (Å²) in [7, 11) is 0. The van der Waals surface area contributed by atoms with E-state index in [-0.39, 0.29) is 169 Å². The Hall–Kier alpha value is 0.584. The Kier molecular flexibility index (Phi) is 16.6. The molecule has 0 radical (unpaired) electrons. The van der Waals surface area contributed by atoms with Gasteiger partial charge in [0.25, 0.3) is 0 Å². The number of esters is 2. The van der Waals surface area contributed by atoms with E-state index >= 15 is 0 Å². The number of rotatable bonds is 6. The normalized spacial score (nSPS) is 13.7. The molecular formula is C25H24ClCs2NO7. The molecule has 1 aromatic heterocycles. The number of carbonyl (C=O) groups is 3. The average Bonchev–Trinajstić information content (AvgIpc) is 3.12. The number of hydrogen-bond donors (Lipinski definition) is 0. The van der Waals surface area contributed by atoms with Crippen molar-refractivity contribution < 1.29 is 172 Å². The molecule has 8 nitrogen and oxygen atoms in total. The molecule has 1 atom stereocenters. The molecule has 180 valence electrons. The molecule has 0 aliphatic heterocycles. The molecule has 11 heteroatoms. The molecule has 4 rings (SSSR count). The number of carbonyl (C=O) groups excluding carboxylic acids is 3. The second-order valence-electron chi connectivity index (χ2n) is 7.74. The quantitative estimate of drug-likeness (QED) is 0.238. The predicted octanol–water partition coefficient (Wildman–Crippen LogP) is -3.73. The number of halogens is 1. The Morgan fingerprint density at radius 2 is 1.69 bits per heavy atom. The van der Waals surface area contributed by atoms with E-state index in [4.69, 9.17) is 36.1 Å². The largest absolute Gasteiger partial charge is 1.00 e. The number of hydrogen-bond acceptors (Lipinski definition) is 7. The summed E-state index contributed by atoms with van der Waals surface area (Å²) in [6.07, 6.45) is -0.391. The van der Waals surface area contributed by atoms with E-state index in [0.717, 1.165) is 27.7 Å². The van der Waals surface area contributed by atoms with Gasteiger partial charge in [0.1, 0.15) is 13.2 Å². The zero-order valence-electron chi connectivity index (χ0n) is 20.6.